The van der Waals surface area contributed by atoms with E-state index in [4.69, 9.17) is 31.9 Å². The van der Waals surface area contributed by atoms with Crippen molar-refractivity contribution in [1.82, 2.24) is 19.5 Å². The molecule has 0 amide bonds. The first-order valence-electron chi connectivity index (χ1n) is 6.84. The number of halogens is 1. The van der Waals surface area contributed by atoms with Crippen LogP contribution in [0.15, 0.2) is 6.33 Å². The lowest BCUT2D eigenvalue weighted by Gasteiger charge is -2.19. The Labute approximate surface area is 154 Å². The molecule has 7 N–H and O–H groups in total. The number of hydrogen-bond donors (Lipinski definition) is 6. The quantitative estimate of drug-likeness (QED) is 0.142. The van der Waals surface area contributed by atoms with Crippen LogP contribution in [-0.4, -0.2) is 68.4 Å². The lowest BCUT2D eigenvalue weighted by atomic mass is 10.1. The maximum absolute atomic E-state index is 10.7. The predicted octanol–water partition coefficient (Wildman–Crippen LogP) is -1.24. The van der Waals surface area contributed by atoms with E-state index in [2.05, 4.69) is 18.9 Å². The van der Waals surface area contributed by atoms with E-state index >= 15 is 0 Å². The number of phosphoric acid groups is 1. The third-order valence-corrected chi connectivity index (χ3v) is 5.25. The first-order valence-corrected chi connectivity index (χ1v) is 9.55. The summed E-state index contributed by atoms with van der Waals surface area (Å²) in [5, 5.41) is 30.1. The van der Waals surface area contributed by atoms with Crippen molar-refractivity contribution < 1.29 is 38.4 Å². The summed E-state index contributed by atoms with van der Waals surface area (Å²) < 4.78 is 21.4. The van der Waals surface area contributed by atoms with E-state index < -0.39 is 37.8 Å². The van der Waals surface area contributed by atoms with Crippen molar-refractivity contribution in [3.63, 3.8) is 0 Å². The molecule has 0 bridgehead atoms. The van der Waals surface area contributed by atoms with Gasteiger partial charge in [-0.05, 0) is 11.6 Å². The van der Waals surface area contributed by atoms with Crippen molar-refractivity contribution in [1.29, 1.82) is 0 Å². The molecule has 0 aliphatic carbocycles. The van der Waals surface area contributed by atoms with Crippen LogP contribution in [0.4, 0.5) is 5.82 Å². The number of rotatable bonds is 5. The fourth-order valence-electron chi connectivity index (χ4n) is 2.40. The molecule has 1 unspecified atom stereocenters. The Morgan fingerprint density at radius 3 is 2.73 bits per heavy atom. The molecule has 144 valence electrons. The van der Waals surface area contributed by atoms with Gasteiger partial charge in [0.25, 0.3) is 0 Å². The number of nitrogens with two attached hydrogens (primary N) is 1. The van der Waals surface area contributed by atoms with Crippen LogP contribution in [0.25, 0.3) is 11.2 Å². The van der Waals surface area contributed by atoms with Gasteiger partial charge in [-0.1, -0.05) is 0 Å². The van der Waals surface area contributed by atoms with Crippen molar-refractivity contribution in [3.05, 3.63) is 11.6 Å². The minimum Gasteiger partial charge on any atom is -0.387 e. The third kappa shape index (κ3) is 3.80. The minimum atomic E-state index is -4.86. The molecule has 0 spiro atoms. The van der Waals surface area contributed by atoms with Crippen molar-refractivity contribution in [2.75, 3.05) is 5.73 Å². The number of fused-ring (bicyclic) bond motifs is 1. The number of aromatic nitrogens is 4. The van der Waals surface area contributed by atoms with Crippen LogP contribution in [0.2, 0.25) is 5.28 Å². The fourth-order valence-corrected chi connectivity index (χ4v) is 3.71. The maximum atomic E-state index is 10.7. The molecular formula is C10H13ClN5O8PS. The van der Waals surface area contributed by atoms with Crippen molar-refractivity contribution in [3.8, 4) is 0 Å². The SMILES string of the molecule is Nc1nc(Cl)nc2c1ncn2[C@@H]1O[C@H](C(O)SOP(=O)(O)O)[C@@H](O)[C@H]1O. The topological polar surface area (TPSA) is 206 Å². The van der Waals surface area contributed by atoms with Gasteiger partial charge in [0, 0.05) is 12.0 Å². The molecular weight excluding hydrogens is 417 g/mol. The Morgan fingerprint density at radius 1 is 1.38 bits per heavy atom. The number of imidazole rings is 1. The lowest BCUT2D eigenvalue weighted by Crippen LogP contribution is -2.37. The zero-order valence-corrected chi connectivity index (χ0v) is 15.0. The summed E-state index contributed by atoms with van der Waals surface area (Å²) in [4.78, 5) is 29.0. The van der Waals surface area contributed by atoms with E-state index in [1.807, 2.05) is 0 Å². The van der Waals surface area contributed by atoms with Gasteiger partial charge in [-0.2, -0.15) is 9.97 Å². The van der Waals surface area contributed by atoms with Crippen molar-refractivity contribution in [2.24, 2.45) is 0 Å². The van der Waals surface area contributed by atoms with Crippen LogP contribution >= 0.6 is 31.5 Å². The summed E-state index contributed by atoms with van der Waals surface area (Å²) in [6, 6.07) is 0. The zero-order valence-electron chi connectivity index (χ0n) is 12.5. The molecule has 13 nitrogen and oxygen atoms in total. The molecule has 5 atom stereocenters. The molecule has 1 fully saturated rings. The van der Waals surface area contributed by atoms with Crippen molar-refractivity contribution >= 4 is 48.4 Å². The summed E-state index contributed by atoms with van der Waals surface area (Å²) in [5.74, 6) is -0.00558. The van der Waals surface area contributed by atoms with Crippen LogP contribution in [0, 0.1) is 0 Å². The molecule has 16 heteroatoms. The molecule has 1 aliphatic heterocycles. The lowest BCUT2D eigenvalue weighted by molar-refractivity contribution is -0.0603. The summed E-state index contributed by atoms with van der Waals surface area (Å²) in [6.45, 7) is 0. The van der Waals surface area contributed by atoms with Crippen molar-refractivity contribution in [2.45, 2.75) is 30.0 Å². The molecule has 26 heavy (non-hydrogen) atoms. The highest BCUT2D eigenvalue weighted by molar-refractivity contribution is 7.98. The van der Waals surface area contributed by atoms with E-state index in [9.17, 15) is 19.9 Å². The zero-order chi connectivity index (χ0) is 19.2. The second kappa shape index (κ2) is 7.16. The Bertz CT molecular complexity index is 865. The van der Waals surface area contributed by atoms with E-state index in [0.717, 1.165) is 0 Å². The highest BCUT2D eigenvalue weighted by atomic mass is 35.5. The van der Waals surface area contributed by atoms with Crippen LogP contribution in [0.1, 0.15) is 6.23 Å². The summed E-state index contributed by atoms with van der Waals surface area (Å²) in [5.41, 5.74) is 4.28. The fraction of sp³-hybridized carbons (Fsp3) is 0.500. The number of hydrogen-bond acceptors (Lipinski definition) is 11. The molecule has 2 aromatic rings. The van der Waals surface area contributed by atoms with E-state index in [0.29, 0.717) is 0 Å². The molecule has 3 heterocycles. The molecule has 2 aromatic heterocycles. The average molecular weight is 430 g/mol. The van der Waals surface area contributed by atoms with Gasteiger partial charge in [-0.25, -0.2) is 13.5 Å². The van der Waals surface area contributed by atoms with Gasteiger partial charge >= 0.3 is 7.82 Å². The van der Waals surface area contributed by atoms with Crippen LogP contribution in [0.3, 0.4) is 0 Å². The van der Waals surface area contributed by atoms with Gasteiger partial charge in [-0.3, -0.25) is 4.57 Å². The highest BCUT2D eigenvalue weighted by Crippen LogP contribution is 2.44. The molecule has 3 rings (SSSR count). The van der Waals surface area contributed by atoms with E-state index in [1.54, 1.807) is 0 Å². The molecule has 0 radical (unpaired) electrons. The summed E-state index contributed by atoms with van der Waals surface area (Å²) in [6.07, 6.45) is -4.58. The van der Waals surface area contributed by atoms with Gasteiger partial charge in [0.1, 0.15) is 23.8 Å². The monoisotopic (exact) mass is 429 g/mol. The van der Waals surface area contributed by atoms with Gasteiger partial charge in [0.2, 0.25) is 5.28 Å². The van der Waals surface area contributed by atoms with Gasteiger partial charge in [-0.15, -0.1) is 0 Å². The number of nitrogen functional groups attached to an aromatic ring is 1. The van der Waals surface area contributed by atoms with Gasteiger partial charge in [0.15, 0.2) is 23.1 Å². The van der Waals surface area contributed by atoms with E-state index in [1.165, 1.54) is 10.9 Å². The molecule has 0 aromatic carbocycles. The van der Waals surface area contributed by atoms with Crippen LogP contribution in [-0.2, 0) is 13.3 Å². The molecule has 1 aliphatic rings. The standard InChI is InChI=1S/C10H13ClN5O8PS/c11-10-14-6(12)2-7(15-10)16(1-13-2)8-4(18)3(17)5(23-8)9(19)26-24-25(20,21)22/h1,3-5,8-9,17-19H,(H2,12,14,15)(H2,20,21,22)/t3-,4+,5-,8+,9?/m0/s1. The highest BCUT2D eigenvalue weighted by Gasteiger charge is 2.48. The largest absolute Gasteiger partial charge is 0.480 e. The van der Waals surface area contributed by atoms with Gasteiger partial charge < -0.3 is 35.6 Å². The van der Waals surface area contributed by atoms with Crippen LogP contribution < -0.4 is 5.73 Å². The average Bonchev–Trinajstić information content (AvgIpc) is 3.07. The molecule has 1 saturated heterocycles. The van der Waals surface area contributed by atoms with Gasteiger partial charge in [0.05, 0.1) is 6.33 Å². The second-order valence-corrected chi connectivity index (χ2v) is 7.82. The Morgan fingerprint density at radius 2 is 2.08 bits per heavy atom. The normalized spacial score (nSPS) is 27.9. The predicted molar refractivity (Wildman–Crippen MR) is 87.4 cm³/mol. The number of aliphatic hydroxyl groups is 3. The van der Waals surface area contributed by atoms with E-state index in [-0.39, 0.29) is 34.3 Å². The number of nitrogens with zero attached hydrogens (tertiary/aromatic N) is 4. The smallest absolute Gasteiger partial charge is 0.387 e. The first kappa shape index (κ1) is 19.7. The Kier molecular flexibility index (Phi) is 5.43. The number of aliphatic hydroxyl groups excluding tert-OH is 3. The summed E-state index contributed by atoms with van der Waals surface area (Å²) >= 11 is 5.76. The number of anilines is 1. The number of ether oxygens (including phenoxy) is 1. The Balaban J connectivity index is 1.85. The third-order valence-electron chi connectivity index (χ3n) is 3.49. The minimum absolute atomic E-state index is 0.00110. The summed E-state index contributed by atoms with van der Waals surface area (Å²) in [7, 11) is -4.86. The van der Waals surface area contributed by atoms with Crippen LogP contribution in [0.5, 0.6) is 0 Å². The second-order valence-electron chi connectivity index (χ2n) is 5.23. The molecule has 0 saturated carbocycles. The Hall–Kier alpha value is -1.06. The maximum Gasteiger partial charge on any atom is 0.480 e. The first-order chi connectivity index (χ1) is 12.1.